The molecule has 0 unspecified atom stereocenters. The summed E-state index contributed by atoms with van der Waals surface area (Å²) in [5.74, 6) is -0.968. The summed E-state index contributed by atoms with van der Waals surface area (Å²) in [6.07, 6.45) is 0. The molecule has 0 spiro atoms. The predicted octanol–water partition coefficient (Wildman–Crippen LogP) is 1.51. The lowest BCUT2D eigenvalue weighted by Gasteiger charge is -2.17. The highest BCUT2D eigenvalue weighted by Crippen LogP contribution is 2.12. The maximum atomic E-state index is 10.7. The maximum absolute atomic E-state index is 10.7. The van der Waals surface area contributed by atoms with E-state index in [0.717, 1.165) is 0 Å². The molecule has 0 radical (unpaired) electrons. The van der Waals surface area contributed by atoms with Crippen molar-refractivity contribution in [2.24, 2.45) is 0 Å². The summed E-state index contributed by atoms with van der Waals surface area (Å²) in [6, 6.07) is 5.24. The minimum Gasteiger partial charge on any atom is -0.478 e. The SMILES string of the molecule is C[Si](C)(C)c1ccc(C(=O)O)c(N)c1. The second-order valence-corrected chi connectivity index (χ2v) is 9.43. The Bertz CT molecular complexity index is 369. The number of nitrogen functional groups attached to an aromatic ring is 1. The van der Waals surface area contributed by atoms with Gasteiger partial charge in [0.25, 0.3) is 0 Å². The van der Waals surface area contributed by atoms with E-state index in [1.807, 2.05) is 6.07 Å². The van der Waals surface area contributed by atoms with Crippen LogP contribution in [0.25, 0.3) is 0 Å². The Kier molecular flexibility index (Phi) is 2.66. The molecule has 0 amide bonds. The van der Waals surface area contributed by atoms with Gasteiger partial charge in [-0.25, -0.2) is 4.79 Å². The Morgan fingerprint density at radius 1 is 1.36 bits per heavy atom. The average molecular weight is 209 g/mol. The third-order valence-corrected chi connectivity index (χ3v) is 4.19. The predicted molar refractivity (Wildman–Crippen MR) is 60.8 cm³/mol. The van der Waals surface area contributed by atoms with Gasteiger partial charge in [0.05, 0.1) is 13.6 Å². The Hall–Kier alpha value is -1.29. The number of aromatic carboxylic acids is 1. The number of benzene rings is 1. The number of carbonyl (C=O) groups is 1. The Balaban J connectivity index is 3.20. The normalized spacial score (nSPS) is 11.4. The fourth-order valence-electron chi connectivity index (χ4n) is 1.22. The second-order valence-electron chi connectivity index (χ2n) is 4.36. The molecule has 0 aliphatic rings. The third kappa shape index (κ3) is 2.14. The van der Waals surface area contributed by atoms with Crippen molar-refractivity contribution in [2.45, 2.75) is 19.6 Å². The van der Waals surface area contributed by atoms with Gasteiger partial charge >= 0.3 is 5.97 Å². The third-order valence-electron chi connectivity index (χ3n) is 2.15. The number of hydrogen-bond acceptors (Lipinski definition) is 2. The molecule has 1 aromatic rings. The summed E-state index contributed by atoms with van der Waals surface area (Å²) < 4.78 is 0. The molecule has 3 nitrogen and oxygen atoms in total. The van der Waals surface area contributed by atoms with Crippen LogP contribution in [-0.4, -0.2) is 19.1 Å². The zero-order valence-electron chi connectivity index (χ0n) is 8.66. The molecule has 14 heavy (non-hydrogen) atoms. The quantitative estimate of drug-likeness (QED) is 0.573. The van der Waals surface area contributed by atoms with Gasteiger partial charge in [0.15, 0.2) is 0 Å². The molecular weight excluding hydrogens is 194 g/mol. The maximum Gasteiger partial charge on any atom is 0.337 e. The van der Waals surface area contributed by atoms with Crippen molar-refractivity contribution >= 4 is 24.9 Å². The number of hydrogen-bond donors (Lipinski definition) is 2. The van der Waals surface area contributed by atoms with Crippen molar-refractivity contribution in [1.29, 1.82) is 0 Å². The van der Waals surface area contributed by atoms with Gasteiger partial charge in [-0.3, -0.25) is 0 Å². The fraction of sp³-hybridized carbons (Fsp3) is 0.300. The minimum atomic E-state index is -1.40. The molecule has 4 heteroatoms. The number of nitrogens with two attached hydrogens (primary N) is 1. The molecule has 0 saturated heterocycles. The van der Waals surface area contributed by atoms with E-state index in [1.54, 1.807) is 12.1 Å². The summed E-state index contributed by atoms with van der Waals surface area (Å²) >= 11 is 0. The van der Waals surface area contributed by atoms with Crippen LogP contribution >= 0.6 is 0 Å². The molecule has 1 rings (SSSR count). The van der Waals surface area contributed by atoms with Crippen molar-refractivity contribution in [2.75, 3.05) is 5.73 Å². The van der Waals surface area contributed by atoms with Gasteiger partial charge in [-0.15, -0.1) is 0 Å². The minimum absolute atomic E-state index is 0.187. The van der Waals surface area contributed by atoms with E-state index in [2.05, 4.69) is 19.6 Å². The number of anilines is 1. The van der Waals surface area contributed by atoms with E-state index in [9.17, 15) is 4.79 Å². The summed E-state index contributed by atoms with van der Waals surface area (Å²) in [6.45, 7) is 6.59. The molecular formula is C10H15NO2Si. The van der Waals surface area contributed by atoms with Gasteiger partial charge in [0.2, 0.25) is 0 Å². The van der Waals surface area contributed by atoms with Gasteiger partial charge in [-0.1, -0.05) is 30.9 Å². The first-order valence-corrected chi connectivity index (χ1v) is 7.95. The van der Waals surface area contributed by atoms with E-state index in [4.69, 9.17) is 10.8 Å². The van der Waals surface area contributed by atoms with E-state index in [0.29, 0.717) is 5.69 Å². The number of rotatable bonds is 2. The lowest BCUT2D eigenvalue weighted by atomic mass is 10.2. The first-order chi connectivity index (χ1) is 6.32. The highest BCUT2D eigenvalue weighted by Gasteiger charge is 2.18. The van der Waals surface area contributed by atoms with Crippen LogP contribution in [0.5, 0.6) is 0 Å². The molecule has 0 heterocycles. The first kappa shape index (κ1) is 10.8. The van der Waals surface area contributed by atoms with Gasteiger partial charge in [0.1, 0.15) is 0 Å². The molecule has 1 aromatic carbocycles. The Labute approximate surface area is 84.6 Å². The molecule has 76 valence electrons. The lowest BCUT2D eigenvalue weighted by Crippen LogP contribution is -2.37. The number of carboxylic acid groups (broad SMARTS) is 1. The Morgan fingerprint density at radius 3 is 2.29 bits per heavy atom. The average Bonchev–Trinajstić information content (AvgIpc) is 2.01. The summed E-state index contributed by atoms with van der Waals surface area (Å²) in [5, 5.41) is 9.97. The van der Waals surface area contributed by atoms with E-state index >= 15 is 0 Å². The smallest absolute Gasteiger partial charge is 0.337 e. The molecule has 0 aromatic heterocycles. The first-order valence-electron chi connectivity index (χ1n) is 4.45. The fourth-order valence-corrected chi connectivity index (χ4v) is 2.40. The van der Waals surface area contributed by atoms with Crippen molar-refractivity contribution in [3.05, 3.63) is 23.8 Å². The van der Waals surface area contributed by atoms with E-state index < -0.39 is 14.0 Å². The van der Waals surface area contributed by atoms with Crippen molar-refractivity contribution < 1.29 is 9.90 Å². The van der Waals surface area contributed by atoms with Gasteiger partial charge < -0.3 is 10.8 Å². The van der Waals surface area contributed by atoms with Crippen LogP contribution in [-0.2, 0) is 0 Å². The summed E-state index contributed by atoms with van der Waals surface area (Å²) in [5.41, 5.74) is 6.21. The summed E-state index contributed by atoms with van der Waals surface area (Å²) in [7, 11) is -1.40. The summed E-state index contributed by atoms with van der Waals surface area (Å²) in [4.78, 5) is 10.7. The van der Waals surface area contributed by atoms with E-state index in [-0.39, 0.29) is 5.56 Å². The molecule has 0 aliphatic heterocycles. The Morgan fingerprint density at radius 2 is 1.93 bits per heavy atom. The van der Waals surface area contributed by atoms with Gasteiger partial charge in [-0.05, 0) is 12.1 Å². The zero-order chi connectivity index (χ0) is 10.9. The molecule has 0 bridgehead atoms. The second kappa shape index (κ2) is 3.46. The van der Waals surface area contributed by atoms with Crippen molar-refractivity contribution in [1.82, 2.24) is 0 Å². The largest absolute Gasteiger partial charge is 0.478 e. The molecule has 3 N–H and O–H groups in total. The highest BCUT2D eigenvalue weighted by atomic mass is 28.3. The van der Waals surface area contributed by atoms with Crippen LogP contribution in [0.2, 0.25) is 19.6 Å². The topological polar surface area (TPSA) is 63.3 Å². The lowest BCUT2D eigenvalue weighted by molar-refractivity contribution is 0.0698. The van der Waals surface area contributed by atoms with Crippen LogP contribution in [0.1, 0.15) is 10.4 Å². The standard InChI is InChI=1S/C10H15NO2Si/c1-14(2,3)7-4-5-8(10(12)13)9(11)6-7/h4-6H,11H2,1-3H3,(H,12,13). The van der Waals surface area contributed by atoms with Gasteiger partial charge in [-0.2, -0.15) is 0 Å². The van der Waals surface area contributed by atoms with Crippen LogP contribution in [0.3, 0.4) is 0 Å². The molecule has 0 atom stereocenters. The number of carboxylic acids is 1. The van der Waals surface area contributed by atoms with Crippen molar-refractivity contribution in [3.63, 3.8) is 0 Å². The molecule has 0 aliphatic carbocycles. The van der Waals surface area contributed by atoms with E-state index in [1.165, 1.54) is 5.19 Å². The zero-order valence-corrected chi connectivity index (χ0v) is 9.66. The molecule has 0 fully saturated rings. The van der Waals surface area contributed by atoms with Crippen molar-refractivity contribution in [3.8, 4) is 0 Å². The molecule has 0 saturated carbocycles. The monoisotopic (exact) mass is 209 g/mol. The van der Waals surface area contributed by atoms with Crippen LogP contribution in [0, 0.1) is 0 Å². The van der Waals surface area contributed by atoms with Crippen LogP contribution in [0.15, 0.2) is 18.2 Å². The van der Waals surface area contributed by atoms with Gasteiger partial charge in [0, 0.05) is 5.69 Å². The van der Waals surface area contributed by atoms with Crippen LogP contribution in [0.4, 0.5) is 5.69 Å². The van der Waals surface area contributed by atoms with Crippen LogP contribution < -0.4 is 10.9 Å². The highest BCUT2D eigenvalue weighted by molar-refractivity contribution is 6.88.